The third-order valence-corrected chi connectivity index (χ3v) is 5.12. The molecular formula is C20H14NO5-. The number of ether oxygens (including phenoxy) is 1. The maximum atomic E-state index is 12.7. The largest absolute Gasteiger partial charge is 0.550 e. The topological polar surface area (TPSA) is 91.6 Å². The van der Waals surface area contributed by atoms with Gasteiger partial charge in [-0.15, -0.1) is 0 Å². The number of fused-ring (bicyclic) bond motifs is 5. The van der Waals surface area contributed by atoms with Gasteiger partial charge >= 0.3 is 0 Å². The zero-order chi connectivity index (χ0) is 17.8. The van der Waals surface area contributed by atoms with Gasteiger partial charge < -0.3 is 24.4 Å². The van der Waals surface area contributed by atoms with E-state index in [9.17, 15) is 14.7 Å². The Morgan fingerprint density at radius 3 is 2.46 bits per heavy atom. The molecule has 0 saturated carbocycles. The molecule has 1 aromatic heterocycles. The van der Waals surface area contributed by atoms with Gasteiger partial charge in [0.05, 0.1) is 18.1 Å². The molecule has 1 saturated heterocycles. The van der Waals surface area contributed by atoms with E-state index in [2.05, 4.69) is 5.32 Å². The lowest BCUT2D eigenvalue weighted by Crippen LogP contribution is -2.45. The highest BCUT2D eigenvalue weighted by Gasteiger charge is 2.50. The Balaban J connectivity index is 1.45. The van der Waals surface area contributed by atoms with Gasteiger partial charge in [0, 0.05) is 34.4 Å². The summed E-state index contributed by atoms with van der Waals surface area (Å²) in [4.78, 5) is 24.1. The predicted molar refractivity (Wildman–Crippen MR) is 92.1 cm³/mol. The van der Waals surface area contributed by atoms with Gasteiger partial charge in [-0.3, -0.25) is 4.79 Å². The number of carboxylic acids is 1. The summed E-state index contributed by atoms with van der Waals surface area (Å²) < 4.78 is 11.3. The van der Waals surface area contributed by atoms with Crippen molar-refractivity contribution in [3.05, 3.63) is 54.6 Å². The molecule has 4 atom stereocenters. The molecule has 0 unspecified atom stereocenters. The number of amides is 1. The van der Waals surface area contributed by atoms with Crippen LogP contribution in [0.3, 0.4) is 0 Å². The van der Waals surface area contributed by atoms with Crippen LogP contribution in [0.15, 0.2) is 59.0 Å². The van der Waals surface area contributed by atoms with Gasteiger partial charge in [-0.1, -0.05) is 30.4 Å². The Kier molecular flexibility index (Phi) is 3.17. The monoisotopic (exact) mass is 348 g/mol. The van der Waals surface area contributed by atoms with E-state index in [4.69, 9.17) is 9.15 Å². The van der Waals surface area contributed by atoms with Gasteiger partial charge in [0.2, 0.25) is 5.91 Å². The fraction of sp³-hybridized carbons (Fsp3) is 0.200. The minimum atomic E-state index is -1.27. The van der Waals surface area contributed by atoms with Crippen LogP contribution in [0.4, 0.5) is 5.69 Å². The molecule has 26 heavy (non-hydrogen) atoms. The van der Waals surface area contributed by atoms with E-state index in [1.165, 1.54) is 0 Å². The molecular weight excluding hydrogens is 334 g/mol. The smallest absolute Gasteiger partial charge is 0.231 e. The summed E-state index contributed by atoms with van der Waals surface area (Å²) >= 11 is 0. The average Bonchev–Trinajstić information content (AvgIpc) is 3.33. The molecule has 3 heterocycles. The molecule has 2 aliphatic heterocycles. The van der Waals surface area contributed by atoms with E-state index in [1.54, 1.807) is 24.3 Å². The first kappa shape index (κ1) is 15.2. The lowest BCUT2D eigenvalue weighted by molar-refractivity contribution is -0.313. The quantitative estimate of drug-likeness (QED) is 0.729. The summed E-state index contributed by atoms with van der Waals surface area (Å²) in [7, 11) is 0. The molecule has 130 valence electrons. The van der Waals surface area contributed by atoms with E-state index < -0.39 is 35.9 Å². The molecule has 2 bridgehead atoms. The van der Waals surface area contributed by atoms with Crippen molar-refractivity contribution in [1.29, 1.82) is 0 Å². The van der Waals surface area contributed by atoms with Crippen LogP contribution >= 0.6 is 0 Å². The summed E-state index contributed by atoms with van der Waals surface area (Å²) in [6.07, 6.45) is 2.28. The minimum absolute atomic E-state index is 0.397. The Bertz CT molecular complexity index is 1080. The zero-order valence-corrected chi connectivity index (χ0v) is 13.5. The fourth-order valence-corrected chi connectivity index (χ4v) is 3.93. The van der Waals surface area contributed by atoms with Crippen molar-refractivity contribution in [2.24, 2.45) is 11.8 Å². The van der Waals surface area contributed by atoms with Crippen LogP contribution in [0.5, 0.6) is 0 Å². The molecule has 3 aromatic rings. The second kappa shape index (κ2) is 5.44. The lowest BCUT2D eigenvalue weighted by atomic mass is 9.82. The number of rotatable bonds is 3. The van der Waals surface area contributed by atoms with E-state index >= 15 is 0 Å². The van der Waals surface area contributed by atoms with Crippen molar-refractivity contribution in [1.82, 2.24) is 0 Å². The van der Waals surface area contributed by atoms with Gasteiger partial charge in [-0.25, -0.2) is 0 Å². The number of para-hydroxylation sites is 1. The molecule has 1 fully saturated rings. The maximum absolute atomic E-state index is 12.7. The molecule has 2 aliphatic rings. The van der Waals surface area contributed by atoms with Crippen LogP contribution in [0.2, 0.25) is 0 Å². The molecule has 1 amide bonds. The van der Waals surface area contributed by atoms with Gasteiger partial charge in [0.1, 0.15) is 11.2 Å². The van der Waals surface area contributed by atoms with E-state index in [0.717, 1.165) is 16.4 Å². The van der Waals surface area contributed by atoms with Crippen molar-refractivity contribution in [2.75, 3.05) is 5.32 Å². The number of carbonyl (C=O) groups is 2. The summed E-state index contributed by atoms with van der Waals surface area (Å²) in [6.45, 7) is 0. The highest BCUT2D eigenvalue weighted by molar-refractivity contribution is 6.06. The molecule has 6 nitrogen and oxygen atoms in total. The third-order valence-electron chi connectivity index (χ3n) is 5.12. The predicted octanol–water partition coefficient (Wildman–Crippen LogP) is 1.84. The number of anilines is 1. The fourth-order valence-electron chi connectivity index (χ4n) is 3.93. The second-order valence-corrected chi connectivity index (χ2v) is 6.62. The van der Waals surface area contributed by atoms with Crippen LogP contribution in [0.1, 0.15) is 0 Å². The lowest BCUT2D eigenvalue weighted by Gasteiger charge is -2.24. The number of hydrogen-bond donors (Lipinski definition) is 1. The second-order valence-electron chi connectivity index (χ2n) is 6.62. The summed E-state index contributed by atoms with van der Waals surface area (Å²) in [5.41, 5.74) is 1.98. The van der Waals surface area contributed by atoms with E-state index in [0.29, 0.717) is 11.3 Å². The number of benzene rings is 2. The molecule has 1 N–H and O–H groups in total. The first-order valence-corrected chi connectivity index (χ1v) is 8.38. The highest BCUT2D eigenvalue weighted by Crippen LogP contribution is 2.39. The van der Waals surface area contributed by atoms with Gasteiger partial charge in [0.15, 0.2) is 0 Å². The van der Waals surface area contributed by atoms with E-state index in [1.807, 2.05) is 30.3 Å². The van der Waals surface area contributed by atoms with Crippen LogP contribution in [-0.2, 0) is 14.3 Å². The first-order chi connectivity index (χ1) is 12.6. The summed E-state index contributed by atoms with van der Waals surface area (Å²) in [6, 6.07) is 13.1. The molecule has 0 aliphatic carbocycles. The maximum Gasteiger partial charge on any atom is 0.231 e. The number of carboxylic acid groups (broad SMARTS) is 1. The van der Waals surface area contributed by atoms with Crippen molar-refractivity contribution in [2.45, 2.75) is 12.2 Å². The normalized spacial score (nSPS) is 26.6. The highest BCUT2D eigenvalue weighted by atomic mass is 16.5. The number of hydrogen-bond acceptors (Lipinski definition) is 5. The van der Waals surface area contributed by atoms with Crippen LogP contribution in [0.25, 0.3) is 21.9 Å². The SMILES string of the molecule is O=C([O-])[C@@H]1[C@H](C(=O)Nc2ccc3c(c2)oc2ccccc23)[C@H]2C=C[C@@H]1O2. The zero-order valence-electron chi connectivity index (χ0n) is 13.5. The van der Waals surface area contributed by atoms with Crippen molar-refractivity contribution in [3.8, 4) is 0 Å². The molecule has 0 spiro atoms. The number of nitrogens with one attached hydrogen (secondary N) is 1. The molecule has 0 radical (unpaired) electrons. The summed E-state index contributed by atoms with van der Waals surface area (Å²) in [5, 5.41) is 16.2. The Hall–Kier alpha value is -3.12. The Morgan fingerprint density at radius 1 is 0.923 bits per heavy atom. The van der Waals surface area contributed by atoms with Gasteiger partial charge in [-0.05, 0) is 18.2 Å². The average molecular weight is 348 g/mol. The van der Waals surface area contributed by atoms with Crippen molar-refractivity contribution < 1.29 is 23.8 Å². The third kappa shape index (κ3) is 2.16. The molecule has 2 aromatic carbocycles. The van der Waals surface area contributed by atoms with Gasteiger partial charge in [-0.2, -0.15) is 0 Å². The summed E-state index contributed by atoms with van der Waals surface area (Å²) in [5.74, 6) is -3.44. The van der Waals surface area contributed by atoms with E-state index in [-0.39, 0.29) is 0 Å². The minimum Gasteiger partial charge on any atom is -0.550 e. The van der Waals surface area contributed by atoms with Crippen molar-refractivity contribution in [3.63, 3.8) is 0 Å². The Labute approximate surface area is 148 Å². The number of carbonyl (C=O) groups excluding carboxylic acids is 2. The standard InChI is InChI=1S/C20H15NO5/c22-19(17-14-7-8-15(26-14)18(17)20(23)24)21-10-5-6-12-11-3-1-2-4-13(11)25-16(12)9-10/h1-9,14-15,17-18H,(H,21,22)(H,23,24)/p-1/t14-,15+,17-,18+/m1/s1. The first-order valence-electron chi connectivity index (χ1n) is 8.38. The number of furan rings is 1. The van der Waals surface area contributed by atoms with Crippen LogP contribution < -0.4 is 10.4 Å². The van der Waals surface area contributed by atoms with Crippen molar-refractivity contribution >= 4 is 39.5 Å². The molecule has 6 heteroatoms. The van der Waals surface area contributed by atoms with Crippen LogP contribution in [0, 0.1) is 11.8 Å². The Morgan fingerprint density at radius 2 is 1.65 bits per heavy atom. The van der Waals surface area contributed by atoms with Gasteiger partial charge in [0.25, 0.3) is 0 Å². The van der Waals surface area contributed by atoms with Crippen LogP contribution in [-0.4, -0.2) is 24.1 Å². The number of aliphatic carboxylic acids is 1. The molecule has 5 rings (SSSR count).